The van der Waals surface area contributed by atoms with Crippen molar-refractivity contribution >= 4 is 12.2 Å². The fourth-order valence-corrected chi connectivity index (χ4v) is 0.442. The van der Waals surface area contributed by atoms with Gasteiger partial charge in [0.2, 0.25) is 5.91 Å². The highest BCUT2D eigenvalue weighted by Gasteiger charge is 2.05. The molecule has 72 valence electrons. The van der Waals surface area contributed by atoms with Crippen molar-refractivity contribution in [1.82, 2.24) is 5.06 Å². The van der Waals surface area contributed by atoms with Crippen LogP contribution >= 0.6 is 0 Å². The summed E-state index contributed by atoms with van der Waals surface area (Å²) in [5.41, 5.74) is 0. The second kappa shape index (κ2) is 10.1. The summed E-state index contributed by atoms with van der Waals surface area (Å²) >= 11 is 0. The lowest BCUT2D eigenvalue weighted by Gasteiger charge is -2.11. The minimum absolute atomic E-state index is 0.186. The molecule has 0 saturated carbocycles. The normalized spacial score (nSPS) is 8.00. The summed E-state index contributed by atoms with van der Waals surface area (Å²) in [4.78, 5) is 25.2. The zero-order valence-electron chi connectivity index (χ0n) is 8.16. The quantitative estimate of drug-likeness (QED) is 0.473. The maximum atomic E-state index is 10.8. The van der Waals surface area contributed by atoms with E-state index in [4.69, 9.17) is 0 Å². The molecule has 0 saturated heterocycles. The summed E-state index contributed by atoms with van der Waals surface area (Å²) in [6.45, 7) is 4.00. The molecule has 0 aromatic rings. The van der Waals surface area contributed by atoms with E-state index in [1.807, 2.05) is 13.8 Å². The van der Waals surface area contributed by atoms with Crippen molar-refractivity contribution in [3.8, 4) is 0 Å². The van der Waals surface area contributed by atoms with Crippen LogP contribution in [0.2, 0.25) is 0 Å². The first kappa shape index (κ1) is 13.7. The Kier molecular flexibility index (Phi) is 11.5. The molecule has 12 heavy (non-hydrogen) atoms. The van der Waals surface area contributed by atoms with Crippen molar-refractivity contribution in [2.75, 3.05) is 14.2 Å². The average Bonchev–Trinajstić information content (AvgIpc) is 2.16. The van der Waals surface area contributed by atoms with Crippen molar-refractivity contribution in [3.05, 3.63) is 0 Å². The molecule has 0 aromatic heterocycles. The minimum atomic E-state index is -0.186. The number of amides is 1. The molecule has 0 aliphatic heterocycles. The molecule has 0 aliphatic carbocycles. The molecule has 0 N–H and O–H groups in total. The van der Waals surface area contributed by atoms with Gasteiger partial charge in [0.1, 0.15) is 6.29 Å². The molecular weight excluding hydrogens is 158 g/mol. The Labute approximate surface area is 73.5 Å². The van der Waals surface area contributed by atoms with Crippen LogP contribution in [0.25, 0.3) is 0 Å². The van der Waals surface area contributed by atoms with Crippen LogP contribution in [0.1, 0.15) is 26.7 Å². The van der Waals surface area contributed by atoms with Crippen LogP contribution in [0.5, 0.6) is 0 Å². The maximum Gasteiger partial charge on any atom is 0.246 e. The van der Waals surface area contributed by atoms with E-state index in [-0.39, 0.29) is 18.7 Å². The lowest BCUT2D eigenvalue weighted by molar-refractivity contribution is -0.168. The largest absolute Gasteiger partial charge is 0.303 e. The minimum Gasteiger partial charge on any atom is -0.303 e. The van der Waals surface area contributed by atoms with E-state index < -0.39 is 0 Å². The van der Waals surface area contributed by atoms with Gasteiger partial charge in [0.05, 0.1) is 7.11 Å². The Hall–Kier alpha value is -0.900. The molecule has 0 atom stereocenters. The van der Waals surface area contributed by atoms with Crippen LogP contribution in [-0.2, 0) is 14.4 Å². The van der Waals surface area contributed by atoms with Crippen LogP contribution in [-0.4, -0.2) is 31.4 Å². The molecule has 0 heterocycles. The van der Waals surface area contributed by atoms with Crippen LogP contribution in [0, 0.1) is 0 Å². The Morgan fingerprint density at radius 3 is 2.33 bits per heavy atom. The van der Waals surface area contributed by atoms with Crippen LogP contribution in [0.3, 0.4) is 0 Å². The van der Waals surface area contributed by atoms with Gasteiger partial charge in [-0.15, -0.1) is 0 Å². The summed E-state index contributed by atoms with van der Waals surface area (Å²) in [6, 6.07) is 0. The highest BCUT2D eigenvalue weighted by Crippen LogP contribution is 1.92. The second-order valence-corrected chi connectivity index (χ2v) is 1.78. The maximum absolute atomic E-state index is 10.8. The van der Waals surface area contributed by atoms with E-state index in [1.165, 1.54) is 14.2 Å². The van der Waals surface area contributed by atoms with Crippen molar-refractivity contribution in [3.63, 3.8) is 0 Å². The summed E-state index contributed by atoms with van der Waals surface area (Å²) in [7, 11) is 2.91. The molecule has 4 nitrogen and oxygen atoms in total. The number of nitrogens with zero attached hydrogens (tertiary/aromatic N) is 1. The van der Waals surface area contributed by atoms with Crippen molar-refractivity contribution in [2.45, 2.75) is 26.7 Å². The number of hydrogen-bond donors (Lipinski definition) is 0. The van der Waals surface area contributed by atoms with Gasteiger partial charge in [0, 0.05) is 19.9 Å². The average molecular weight is 175 g/mol. The van der Waals surface area contributed by atoms with Gasteiger partial charge in [-0.1, -0.05) is 13.8 Å². The molecule has 0 spiro atoms. The molecule has 0 unspecified atom stereocenters. The van der Waals surface area contributed by atoms with Crippen LogP contribution < -0.4 is 0 Å². The third kappa shape index (κ3) is 7.21. The molecule has 0 aliphatic rings. The van der Waals surface area contributed by atoms with E-state index in [2.05, 4.69) is 4.84 Å². The highest BCUT2D eigenvalue weighted by molar-refractivity contribution is 5.76. The summed E-state index contributed by atoms with van der Waals surface area (Å²) in [6.07, 6.45) is 1.18. The molecule has 0 bridgehead atoms. The summed E-state index contributed by atoms with van der Waals surface area (Å²) < 4.78 is 0. The zero-order valence-corrected chi connectivity index (χ0v) is 8.16. The van der Waals surface area contributed by atoms with Gasteiger partial charge in [-0.25, -0.2) is 5.06 Å². The first-order valence-corrected chi connectivity index (χ1v) is 3.96. The van der Waals surface area contributed by atoms with Crippen molar-refractivity contribution < 1.29 is 14.4 Å². The summed E-state index contributed by atoms with van der Waals surface area (Å²) in [5.74, 6) is -0.186. The third-order valence-electron chi connectivity index (χ3n) is 1.10. The zero-order chi connectivity index (χ0) is 9.98. The number of aldehydes is 1. The molecule has 4 heteroatoms. The lowest BCUT2D eigenvalue weighted by atomic mass is 10.3. The predicted octanol–water partition coefficient (Wildman–Crippen LogP) is 1.01. The molecule has 0 radical (unpaired) electrons. The van der Waals surface area contributed by atoms with Crippen molar-refractivity contribution in [1.29, 1.82) is 0 Å². The first-order chi connectivity index (χ1) is 5.72. The number of carbonyl (C=O) groups excluding carboxylic acids is 2. The molecule has 0 fully saturated rings. The second-order valence-electron chi connectivity index (χ2n) is 1.78. The number of carbonyl (C=O) groups is 2. The molecule has 1 amide bonds. The van der Waals surface area contributed by atoms with Crippen LogP contribution in [0.15, 0.2) is 0 Å². The van der Waals surface area contributed by atoms with Gasteiger partial charge in [0.15, 0.2) is 0 Å². The van der Waals surface area contributed by atoms with Gasteiger partial charge < -0.3 is 4.79 Å². The van der Waals surface area contributed by atoms with Gasteiger partial charge in [-0.05, 0) is 0 Å². The lowest BCUT2D eigenvalue weighted by Crippen LogP contribution is -2.24. The van der Waals surface area contributed by atoms with E-state index in [1.54, 1.807) is 0 Å². The van der Waals surface area contributed by atoms with Crippen molar-refractivity contribution in [2.24, 2.45) is 0 Å². The fourth-order valence-electron chi connectivity index (χ4n) is 0.442. The smallest absolute Gasteiger partial charge is 0.246 e. The standard InChI is InChI=1S/C6H11NO3.C2H6/c1-7(10-2)6(9)4-3-5-8;1-2/h5H,3-4H2,1-2H3;1-2H3. The Bertz CT molecular complexity index is 125. The van der Waals surface area contributed by atoms with E-state index >= 15 is 0 Å². The predicted molar refractivity (Wildman–Crippen MR) is 46.4 cm³/mol. The fraction of sp³-hybridized carbons (Fsp3) is 0.750. The Morgan fingerprint density at radius 2 is 2.00 bits per heavy atom. The van der Waals surface area contributed by atoms with Gasteiger partial charge >= 0.3 is 0 Å². The van der Waals surface area contributed by atoms with E-state index in [9.17, 15) is 9.59 Å². The van der Waals surface area contributed by atoms with E-state index in [0.29, 0.717) is 6.29 Å². The van der Waals surface area contributed by atoms with Gasteiger partial charge in [-0.2, -0.15) is 0 Å². The van der Waals surface area contributed by atoms with Gasteiger partial charge in [0.25, 0.3) is 0 Å². The first-order valence-electron chi connectivity index (χ1n) is 3.96. The Morgan fingerprint density at radius 1 is 1.50 bits per heavy atom. The number of hydrogen-bond acceptors (Lipinski definition) is 3. The number of hydroxylamine groups is 2. The molecular formula is C8H17NO3. The number of rotatable bonds is 4. The summed E-state index contributed by atoms with van der Waals surface area (Å²) in [5, 5.41) is 1.10. The van der Waals surface area contributed by atoms with E-state index in [0.717, 1.165) is 5.06 Å². The molecule has 0 aromatic carbocycles. The van der Waals surface area contributed by atoms with Gasteiger partial charge in [-0.3, -0.25) is 9.63 Å². The molecule has 0 rings (SSSR count). The monoisotopic (exact) mass is 175 g/mol. The highest BCUT2D eigenvalue weighted by atomic mass is 16.7. The third-order valence-corrected chi connectivity index (χ3v) is 1.10. The van der Waals surface area contributed by atoms with Crippen LogP contribution in [0.4, 0.5) is 0 Å². The Balaban J connectivity index is 0. The topological polar surface area (TPSA) is 46.6 Å². The SMILES string of the molecule is CC.CON(C)C(=O)CCC=O.